The van der Waals surface area contributed by atoms with E-state index in [0.717, 1.165) is 18.8 Å². The third-order valence-corrected chi connectivity index (χ3v) is 4.27. The molecule has 0 N–H and O–H groups in total. The first-order valence-electron chi connectivity index (χ1n) is 8.43. The van der Waals surface area contributed by atoms with Crippen LogP contribution in [0.1, 0.15) is 57.6 Å². The van der Waals surface area contributed by atoms with Crippen LogP contribution in [0.15, 0.2) is 18.2 Å². The maximum Gasteiger partial charge on any atom is 0.123 e. The standard InChI is InChI=1S/C19H31NO/c1-16-9-10-18(17(15-16)19(2,3)4)21-14-8-7-13-20-11-5-6-12-20/h9-10,15H,5-8,11-14H2,1-4H3. The molecule has 21 heavy (non-hydrogen) atoms. The SMILES string of the molecule is Cc1ccc(OCCCCN2CCCC2)c(C(C)(C)C)c1. The molecule has 1 aromatic carbocycles. The second-order valence-electron chi connectivity index (χ2n) is 7.35. The van der Waals surface area contributed by atoms with Crippen LogP contribution >= 0.6 is 0 Å². The summed E-state index contributed by atoms with van der Waals surface area (Å²) in [6, 6.07) is 6.55. The summed E-state index contributed by atoms with van der Waals surface area (Å²) in [5.74, 6) is 1.06. The summed E-state index contributed by atoms with van der Waals surface area (Å²) in [6.07, 6.45) is 5.16. The summed E-state index contributed by atoms with van der Waals surface area (Å²) in [7, 11) is 0. The Morgan fingerprint density at radius 1 is 1.10 bits per heavy atom. The highest BCUT2D eigenvalue weighted by molar-refractivity contribution is 5.41. The fourth-order valence-corrected chi connectivity index (χ4v) is 2.98. The fourth-order valence-electron chi connectivity index (χ4n) is 2.98. The minimum absolute atomic E-state index is 0.136. The van der Waals surface area contributed by atoms with E-state index < -0.39 is 0 Å². The molecule has 0 saturated carbocycles. The Balaban J connectivity index is 1.79. The lowest BCUT2D eigenvalue weighted by Crippen LogP contribution is -2.20. The first-order chi connectivity index (χ1) is 9.97. The average Bonchev–Trinajstić information content (AvgIpc) is 2.92. The maximum atomic E-state index is 6.06. The van der Waals surface area contributed by atoms with Gasteiger partial charge < -0.3 is 9.64 Å². The van der Waals surface area contributed by atoms with Crippen LogP contribution in [0.3, 0.4) is 0 Å². The molecular weight excluding hydrogens is 258 g/mol. The quantitative estimate of drug-likeness (QED) is 0.712. The van der Waals surface area contributed by atoms with Crippen molar-refractivity contribution >= 4 is 0 Å². The Kier molecular flexibility index (Phi) is 5.69. The van der Waals surface area contributed by atoms with E-state index in [4.69, 9.17) is 4.74 Å². The van der Waals surface area contributed by atoms with Gasteiger partial charge in [0, 0.05) is 0 Å². The van der Waals surface area contributed by atoms with Gasteiger partial charge in [-0.2, -0.15) is 0 Å². The second-order valence-corrected chi connectivity index (χ2v) is 7.35. The van der Waals surface area contributed by atoms with E-state index in [0.29, 0.717) is 0 Å². The summed E-state index contributed by atoms with van der Waals surface area (Å²) in [5, 5.41) is 0. The highest BCUT2D eigenvalue weighted by Gasteiger charge is 2.19. The number of hydrogen-bond acceptors (Lipinski definition) is 2. The molecule has 0 amide bonds. The van der Waals surface area contributed by atoms with Crippen molar-refractivity contribution in [3.63, 3.8) is 0 Å². The normalized spacial score (nSPS) is 16.4. The third kappa shape index (κ3) is 5.03. The molecule has 0 bridgehead atoms. The molecule has 1 fully saturated rings. The van der Waals surface area contributed by atoms with Crippen LogP contribution in [0.5, 0.6) is 5.75 Å². The van der Waals surface area contributed by atoms with E-state index >= 15 is 0 Å². The van der Waals surface area contributed by atoms with Gasteiger partial charge in [-0.3, -0.25) is 0 Å². The Labute approximate surface area is 130 Å². The minimum Gasteiger partial charge on any atom is -0.493 e. The summed E-state index contributed by atoms with van der Waals surface area (Å²) in [5.41, 5.74) is 2.76. The van der Waals surface area contributed by atoms with Crippen molar-refractivity contribution in [3.05, 3.63) is 29.3 Å². The van der Waals surface area contributed by atoms with Crippen molar-refractivity contribution in [1.82, 2.24) is 4.90 Å². The van der Waals surface area contributed by atoms with Crippen molar-refractivity contribution in [2.24, 2.45) is 0 Å². The molecule has 2 rings (SSSR count). The van der Waals surface area contributed by atoms with Crippen molar-refractivity contribution in [3.8, 4) is 5.75 Å². The second kappa shape index (κ2) is 7.31. The lowest BCUT2D eigenvalue weighted by atomic mass is 9.85. The van der Waals surface area contributed by atoms with Crippen molar-refractivity contribution in [2.45, 2.75) is 58.8 Å². The van der Waals surface area contributed by atoms with Crippen LogP contribution in [0.25, 0.3) is 0 Å². The molecule has 2 nitrogen and oxygen atoms in total. The van der Waals surface area contributed by atoms with Crippen LogP contribution in [0.2, 0.25) is 0 Å². The van der Waals surface area contributed by atoms with Gasteiger partial charge in [0.1, 0.15) is 5.75 Å². The van der Waals surface area contributed by atoms with Gasteiger partial charge in [0.15, 0.2) is 0 Å². The van der Waals surface area contributed by atoms with E-state index in [1.807, 2.05) is 0 Å². The third-order valence-electron chi connectivity index (χ3n) is 4.27. The van der Waals surface area contributed by atoms with Crippen LogP contribution in [-0.4, -0.2) is 31.1 Å². The van der Waals surface area contributed by atoms with Crippen molar-refractivity contribution < 1.29 is 4.74 Å². The Hall–Kier alpha value is -1.02. The molecule has 118 valence electrons. The number of aryl methyl sites for hydroxylation is 1. The lowest BCUT2D eigenvalue weighted by Gasteiger charge is -2.23. The smallest absolute Gasteiger partial charge is 0.123 e. The van der Waals surface area contributed by atoms with Gasteiger partial charge in [-0.1, -0.05) is 38.5 Å². The number of benzene rings is 1. The van der Waals surface area contributed by atoms with Gasteiger partial charge >= 0.3 is 0 Å². The molecule has 1 aromatic rings. The Bertz CT molecular complexity index is 441. The number of hydrogen-bond donors (Lipinski definition) is 0. The average molecular weight is 289 g/mol. The molecule has 1 aliphatic rings. The highest BCUT2D eigenvalue weighted by atomic mass is 16.5. The molecule has 1 aliphatic heterocycles. The predicted molar refractivity (Wildman–Crippen MR) is 90.3 cm³/mol. The number of nitrogens with zero attached hydrogens (tertiary/aromatic N) is 1. The van der Waals surface area contributed by atoms with E-state index in [9.17, 15) is 0 Å². The van der Waals surface area contributed by atoms with Crippen molar-refractivity contribution in [2.75, 3.05) is 26.2 Å². The molecule has 0 aromatic heterocycles. The lowest BCUT2D eigenvalue weighted by molar-refractivity contribution is 0.275. The van der Waals surface area contributed by atoms with Gasteiger partial charge in [0.25, 0.3) is 0 Å². The fraction of sp³-hybridized carbons (Fsp3) is 0.684. The van der Waals surface area contributed by atoms with E-state index in [2.05, 4.69) is 50.8 Å². The van der Waals surface area contributed by atoms with Gasteiger partial charge in [0.2, 0.25) is 0 Å². The molecule has 0 aliphatic carbocycles. The topological polar surface area (TPSA) is 12.5 Å². The highest BCUT2D eigenvalue weighted by Crippen LogP contribution is 2.32. The van der Waals surface area contributed by atoms with Gasteiger partial charge in [-0.15, -0.1) is 0 Å². The number of unbranched alkanes of at least 4 members (excludes halogenated alkanes) is 1. The number of ether oxygens (including phenoxy) is 1. The summed E-state index contributed by atoms with van der Waals surface area (Å²) < 4.78 is 6.06. The molecule has 1 saturated heterocycles. The van der Waals surface area contributed by atoms with E-state index in [1.54, 1.807) is 0 Å². The molecule has 0 radical (unpaired) electrons. The van der Waals surface area contributed by atoms with Gasteiger partial charge in [-0.05, 0) is 69.3 Å². The summed E-state index contributed by atoms with van der Waals surface area (Å²) in [4.78, 5) is 2.58. The Morgan fingerprint density at radius 3 is 2.48 bits per heavy atom. The molecule has 0 unspecified atom stereocenters. The first kappa shape index (κ1) is 16.4. The zero-order valence-electron chi connectivity index (χ0n) is 14.2. The van der Waals surface area contributed by atoms with Gasteiger partial charge in [-0.25, -0.2) is 0 Å². The van der Waals surface area contributed by atoms with Crippen LogP contribution in [0, 0.1) is 6.92 Å². The maximum absolute atomic E-state index is 6.06. The first-order valence-corrected chi connectivity index (χ1v) is 8.43. The molecule has 1 heterocycles. The van der Waals surface area contributed by atoms with E-state index in [-0.39, 0.29) is 5.41 Å². The molecule has 2 heteroatoms. The molecule has 0 atom stereocenters. The minimum atomic E-state index is 0.136. The number of likely N-dealkylation sites (tertiary alicyclic amines) is 1. The zero-order valence-corrected chi connectivity index (χ0v) is 14.2. The van der Waals surface area contributed by atoms with Crippen LogP contribution in [-0.2, 0) is 5.41 Å². The van der Waals surface area contributed by atoms with Crippen LogP contribution in [0.4, 0.5) is 0 Å². The molecular formula is C19H31NO. The predicted octanol–water partition coefficient (Wildman–Crippen LogP) is 4.55. The Morgan fingerprint density at radius 2 is 1.81 bits per heavy atom. The van der Waals surface area contributed by atoms with Crippen molar-refractivity contribution in [1.29, 1.82) is 0 Å². The van der Waals surface area contributed by atoms with E-state index in [1.165, 1.54) is 50.0 Å². The van der Waals surface area contributed by atoms with Gasteiger partial charge in [0.05, 0.1) is 6.61 Å². The number of rotatable bonds is 6. The summed E-state index contributed by atoms with van der Waals surface area (Å²) in [6.45, 7) is 13.6. The monoisotopic (exact) mass is 289 g/mol. The zero-order chi connectivity index (χ0) is 15.3. The summed E-state index contributed by atoms with van der Waals surface area (Å²) >= 11 is 0. The largest absolute Gasteiger partial charge is 0.493 e. The molecule has 0 spiro atoms. The van der Waals surface area contributed by atoms with Crippen LogP contribution < -0.4 is 4.74 Å².